The smallest absolute Gasteiger partial charge is 0.105 e. The molecule has 2 aromatic rings. The highest BCUT2D eigenvalue weighted by Gasteiger charge is 2.13. The molecule has 1 N–H and O–H groups in total. The highest BCUT2D eigenvalue weighted by molar-refractivity contribution is 9.10. The number of halogens is 2. The van der Waals surface area contributed by atoms with Crippen molar-refractivity contribution in [3.8, 4) is 0 Å². The second kappa shape index (κ2) is 5.21. The Labute approximate surface area is 114 Å². The van der Waals surface area contributed by atoms with Crippen molar-refractivity contribution in [1.29, 1.82) is 0 Å². The molecule has 0 bridgehead atoms. The fraction of sp³-hybridized carbons (Fsp3) is 0.143. The molecule has 0 aliphatic rings. The van der Waals surface area contributed by atoms with Crippen LogP contribution in [0, 0.1) is 6.92 Å². The van der Waals surface area contributed by atoms with E-state index in [1.807, 2.05) is 37.3 Å². The van der Waals surface area contributed by atoms with Crippen LogP contribution in [0.4, 0.5) is 0 Å². The van der Waals surface area contributed by atoms with E-state index in [4.69, 9.17) is 11.6 Å². The van der Waals surface area contributed by atoms with Crippen molar-refractivity contribution in [3.05, 3.63) is 68.7 Å². The quantitative estimate of drug-likeness (QED) is 0.866. The Kier molecular flexibility index (Phi) is 3.87. The summed E-state index contributed by atoms with van der Waals surface area (Å²) in [5.41, 5.74) is 2.83. The third-order valence-electron chi connectivity index (χ3n) is 2.61. The molecule has 0 saturated heterocycles. The number of hydrogen-bond acceptors (Lipinski definition) is 1. The minimum atomic E-state index is -0.637. The first-order chi connectivity index (χ1) is 8.08. The molecule has 1 nitrogen and oxygen atoms in total. The van der Waals surface area contributed by atoms with Gasteiger partial charge < -0.3 is 5.11 Å². The Morgan fingerprint density at radius 1 is 1.18 bits per heavy atom. The molecule has 0 amide bonds. The fourth-order valence-electron chi connectivity index (χ4n) is 1.74. The molecule has 17 heavy (non-hydrogen) atoms. The van der Waals surface area contributed by atoms with Crippen LogP contribution >= 0.6 is 27.5 Å². The Bertz CT molecular complexity index is 539. The lowest BCUT2D eigenvalue weighted by atomic mass is 10.0. The monoisotopic (exact) mass is 310 g/mol. The van der Waals surface area contributed by atoms with Gasteiger partial charge in [-0.25, -0.2) is 0 Å². The van der Waals surface area contributed by atoms with Crippen LogP contribution in [0.5, 0.6) is 0 Å². The molecule has 0 aliphatic carbocycles. The maximum Gasteiger partial charge on any atom is 0.105 e. The van der Waals surface area contributed by atoms with Crippen molar-refractivity contribution in [3.63, 3.8) is 0 Å². The van der Waals surface area contributed by atoms with Gasteiger partial charge >= 0.3 is 0 Å². The van der Waals surface area contributed by atoms with E-state index in [0.717, 1.165) is 21.2 Å². The van der Waals surface area contributed by atoms with Crippen LogP contribution < -0.4 is 0 Å². The number of aryl methyl sites for hydroxylation is 1. The fourth-order valence-corrected chi connectivity index (χ4v) is 2.64. The highest BCUT2D eigenvalue weighted by atomic mass is 79.9. The largest absolute Gasteiger partial charge is 0.384 e. The first kappa shape index (κ1) is 12.6. The zero-order valence-electron chi connectivity index (χ0n) is 9.32. The van der Waals surface area contributed by atoms with E-state index in [-0.39, 0.29) is 0 Å². The number of hydrogen-bond donors (Lipinski definition) is 1. The van der Waals surface area contributed by atoms with Crippen LogP contribution in [0.15, 0.2) is 46.9 Å². The summed E-state index contributed by atoms with van der Waals surface area (Å²) >= 11 is 9.30. The zero-order valence-corrected chi connectivity index (χ0v) is 11.7. The van der Waals surface area contributed by atoms with Crippen LogP contribution in [0.2, 0.25) is 5.02 Å². The van der Waals surface area contributed by atoms with E-state index in [0.29, 0.717) is 5.02 Å². The van der Waals surface area contributed by atoms with E-state index in [2.05, 4.69) is 15.9 Å². The molecule has 3 heteroatoms. The van der Waals surface area contributed by atoms with Gasteiger partial charge in [0.25, 0.3) is 0 Å². The van der Waals surface area contributed by atoms with Crippen LogP contribution in [0.25, 0.3) is 0 Å². The molecule has 0 aliphatic heterocycles. The topological polar surface area (TPSA) is 20.2 Å². The second-order valence-electron chi connectivity index (χ2n) is 3.98. The van der Waals surface area contributed by atoms with E-state index in [1.54, 1.807) is 12.1 Å². The Hall–Kier alpha value is -0.830. The average Bonchev–Trinajstić information content (AvgIpc) is 2.28. The Morgan fingerprint density at radius 2 is 1.94 bits per heavy atom. The predicted molar refractivity (Wildman–Crippen MR) is 74.4 cm³/mol. The van der Waals surface area contributed by atoms with Gasteiger partial charge in [-0.1, -0.05) is 63.4 Å². The van der Waals surface area contributed by atoms with Crippen molar-refractivity contribution >= 4 is 27.5 Å². The molecule has 0 saturated carbocycles. The van der Waals surface area contributed by atoms with Crippen LogP contribution in [0.1, 0.15) is 22.8 Å². The molecular weight excluding hydrogens is 300 g/mol. The summed E-state index contributed by atoms with van der Waals surface area (Å²) in [7, 11) is 0. The lowest BCUT2D eigenvalue weighted by Crippen LogP contribution is -2.00. The number of aliphatic hydroxyl groups excluding tert-OH is 1. The molecular formula is C14H12BrClO. The Balaban J connectivity index is 2.40. The zero-order chi connectivity index (χ0) is 12.4. The lowest BCUT2D eigenvalue weighted by Gasteiger charge is -2.14. The van der Waals surface area contributed by atoms with Crippen molar-refractivity contribution in [2.45, 2.75) is 13.0 Å². The first-order valence-electron chi connectivity index (χ1n) is 5.27. The molecule has 1 atom stereocenters. The molecule has 2 aromatic carbocycles. The molecule has 0 fully saturated rings. The second-order valence-corrected chi connectivity index (χ2v) is 5.27. The molecule has 0 aromatic heterocycles. The molecule has 2 rings (SSSR count). The SMILES string of the molecule is Cc1cccc(C(O)c2ccc(Cl)cc2Br)c1. The van der Waals surface area contributed by atoms with Gasteiger partial charge in [0.15, 0.2) is 0 Å². The van der Waals surface area contributed by atoms with Crippen LogP contribution in [-0.2, 0) is 0 Å². The van der Waals surface area contributed by atoms with Crippen LogP contribution in [0.3, 0.4) is 0 Å². The predicted octanol–water partition coefficient (Wildman–Crippen LogP) is 4.49. The number of rotatable bonds is 2. The summed E-state index contributed by atoms with van der Waals surface area (Å²) in [5.74, 6) is 0. The van der Waals surface area contributed by atoms with Crippen molar-refractivity contribution in [2.75, 3.05) is 0 Å². The van der Waals surface area contributed by atoms with Gasteiger partial charge in [0, 0.05) is 9.50 Å². The molecule has 0 spiro atoms. The molecule has 0 heterocycles. The van der Waals surface area contributed by atoms with Crippen LogP contribution in [-0.4, -0.2) is 5.11 Å². The van der Waals surface area contributed by atoms with Crippen molar-refractivity contribution in [1.82, 2.24) is 0 Å². The third kappa shape index (κ3) is 2.89. The lowest BCUT2D eigenvalue weighted by molar-refractivity contribution is 0.219. The number of benzene rings is 2. The van der Waals surface area contributed by atoms with Gasteiger partial charge in [-0.2, -0.15) is 0 Å². The average molecular weight is 312 g/mol. The van der Waals surface area contributed by atoms with Gasteiger partial charge in [-0.3, -0.25) is 0 Å². The summed E-state index contributed by atoms with van der Waals surface area (Å²) in [6.45, 7) is 2.01. The molecule has 0 radical (unpaired) electrons. The van der Waals surface area contributed by atoms with E-state index < -0.39 is 6.10 Å². The maximum absolute atomic E-state index is 10.3. The normalized spacial score (nSPS) is 12.5. The molecule has 88 valence electrons. The highest BCUT2D eigenvalue weighted by Crippen LogP contribution is 2.30. The minimum absolute atomic E-state index is 0.637. The standard InChI is InChI=1S/C14H12BrClO/c1-9-3-2-4-10(7-9)14(17)12-6-5-11(16)8-13(12)15/h2-8,14,17H,1H3. The first-order valence-corrected chi connectivity index (χ1v) is 6.44. The van der Waals surface area contributed by atoms with Gasteiger partial charge in [-0.05, 0) is 30.2 Å². The third-order valence-corrected chi connectivity index (χ3v) is 3.54. The maximum atomic E-state index is 10.3. The van der Waals surface area contributed by atoms with Gasteiger partial charge in [0.1, 0.15) is 6.10 Å². The summed E-state index contributed by atoms with van der Waals surface area (Å²) in [5, 5.41) is 11.0. The van der Waals surface area contributed by atoms with Crippen molar-refractivity contribution < 1.29 is 5.11 Å². The summed E-state index contributed by atoms with van der Waals surface area (Å²) in [6.07, 6.45) is -0.637. The van der Waals surface area contributed by atoms with E-state index in [9.17, 15) is 5.11 Å². The van der Waals surface area contributed by atoms with E-state index >= 15 is 0 Å². The Morgan fingerprint density at radius 3 is 2.59 bits per heavy atom. The minimum Gasteiger partial charge on any atom is -0.384 e. The summed E-state index contributed by atoms with van der Waals surface area (Å²) in [6, 6.07) is 13.2. The van der Waals surface area contributed by atoms with E-state index in [1.165, 1.54) is 0 Å². The van der Waals surface area contributed by atoms with Gasteiger partial charge in [-0.15, -0.1) is 0 Å². The van der Waals surface area contributed by atoms with Gasteiger partial charge in [0.2, 0.25) is 0 Å². The van der Waals surface area contributed by atoms with Crippen molar-refractivity contribution in [2.24, 2.45) is 0 Å². The molecule has 1 unspecified atom stereocenters. The summed E-state index contributed by atoms with van der Waals surface area (Å²) in [4.78, 5) is 0. The number of aliphatic hydroxyl groups is 1. The summed E-state index contributed by atoms with van der Waals surface area (Å²) < 4.78 is 0.819. The van der Waals surface area contributed by atoms with Gasteiger partial charge in [0.05, 0.1) is 0 Å².